The van der Waals surface area contributed by atoms with Crippen LogP contribution in [-0.2, 0) is 13.6 Å². The van der Waals surface area contributed by atoms with E-state index in [-0.39, 0.29) is 17.8 Å². The van der Waals surface area contributed by atoms with Crippen molar-refractivity contribution in [3.05, 3.63) is 17.5 Å². The van der Waals surface area contributed by atoms with Crippen LogP contribution in [0.15, 0.2) is 6.20 Å². The fraction of sp³-hybridized carbons (Fsp3) is 0.769. The second-order valence-corrected chi connectivity index (χ2v) is 5.97. The van der Waals surface area contributed by atoms with E-state index in [1.807, 2.05) is 17.9 Å². The largest absolute Gasteiger partial charge is 0.327 e. The van der Waals surface area contributed by atoms with Crippen LogP contribution < -0.4 is 5.73 Å². The second-order valence-electron chi connectivity index (χ2n) is 5.97. The zero-order valence-corrected chi connectivity index (χ0v) is 12.6. The molecule has 5 heteroatoms. The SMILES string of the molecule is Cc1c(CN2CCC(N)C(C)(C)C2)cnn1C.Cl. The molecule has 1 atom stereocenters. The van der Waals surface area contributed by atoms with Crippen LogP contribution in [0.4, 0.5) is 0 Å². The topological polar surface area (TPSA) is 47.1 Å². The molecule has 2 N–H and O–H groups in total. The second kappa shape index (κ2) is 5.59. The van der Waals surface area contributed by atoms with Crippen LogP contribution in [-0.4, -0.2) is 33.8 Å². The molecular weight excluding hydrogens is 248 g/mol. The highest BCUT2D eigenvalue weighted by Gasteiger charge is 2.33. The van der Waals surface area contributed by atoms with E-state index in [0.717, 1.165) is 26.1 Å². The van der Waals surface area contributed by atoms with Gasteiger partial charge in [0, 0.05) is 44.0 Å². The summed E-state index contributed by atoms with van der Waals surface area (Å²) < 4.78 is 1.94. The monoisotopic (exact) mass is 272 g/mol. The number of piperidine rings is 1. The molecule has 18 heavy (non-hydrogen) atoms. The molecule has 0 amide bonds. The van der Waals surface area contributed by atoms with Crippen LogP contribution in [0.3, 0.4) is 0 Å². The van der Waals surface area contributed by atoms with Gasteiger partial charge in [-0.15, -0.1) is 12.4 Å². The van der Waals surface area contributed by atoms with Crippen LogP contribution in [0.5, 0.6) is 0 Å². The number of aryl methyl sites for hydroxylation is 1. The molecular formula is C13H25ClN4. The first kappa shape index (κ1) is 15.5. The third-order valence-electron chi connectivity index (χ3n) is 4.12. The molecule has 4 nitrogen and oxygen atoms in total. The number of likely N-dealkylation sites (tertiary alicyclic amines) is 1. The maximum absolute atomic E-state index is 6.16. The van der Waals surface area contributed by atoms with Gasteiger partial charge >= 0.3 is 0 Å². The third kappa shape index (κ3) is 3.05. The number of rotatable bonds is 2. The highest BCUT2D eigenvalue weighted by Crippen LogP contribution is 2.28. The summed E-state index contributed by atoms with van der Waals surface area (Å²) in [6.45, 7) is 9.82. The smallest absolute Gasteiger partial charge is 0.0537 e. The highest BCUT2D eigenvalue weighted by atomic mass is 35.5. The van der Waals surface area contributed by atoms with Crippen LogP contribution in [0.1, 0.15) is 31.5 Å². The fourth-order valence-electron chi connectivity index (χ4n) is 2.56. The molecule has 1 unspecified atom stereocenters. The van der Waals surface area contributed by atoms with Gasteiger partial charge in [-0.1, -0.05) is 13.8 Å². The minimum Gasteiger partial charge on any atom is -0.327 e. The Balaban J connectivity index is 0.00000162. The van der Waals surface area contributed by atoms with Crippen LogP contribution in [0, 0.1) is 12.3 Å². The van der Waals surface area contributed by atoms with Gasteiger partial charge in [0.2, 0.25) is 0 Å². The average Bonchev–Trinajstić information content (AvgIpc) is 2.55. The molecule has 104 valence electrons. The minimum absolute atomic E-state index is 0. The van der Waals surface area contributed by atoms with Crippen molar-refractivity contribution >= 4 is 12.4 Å². The van der Waals surface area contributed by atoms with E-state index < -0.39 is 0 Å². The Labute approximate surface area is 116 Å². The first-order valence-corrected chi connectivity index (χ1v) is 6.35. The fourth-order valence-corrected chi connectivity index (χ4v) is 2.56. The summed E-state index contributed by atoms with van der Waals surface area (Å²) in [4.78, 5) is 2.49. The molecule has 1 aromatic rings. The molecule has 1 aliphatic rings. The van der Waals surface area contributed by atoms with Crippen LogP contribution in [0.2, 0.25) is 0 Å². The molecule has 0 saturated carbocycles. The third-order valence-corrected chi connectivity index (χ3v) is 4.12. The Hall–Kier alpha value is -0.580. The quantitative estimate of drug-likeness (QED) is 0.892. The van der Waals surface area contributed by atoms with E-state index >= 15 is 0 Å². The molecule has 0 aromatic carbocycles. The van der Waals surface area contributed by atoms with E-state index in [1.54, 1.807) is 0 Å². The van der Waals surface area contributed by atoms with Gasteiger partial charge in [0.1, 0.15) is 0 Å². The van der Waals surface area contributed by atoms with Gasteiger partial charge in [-0.3, -0.25) is 9.58 Å². The van der Waals surface area contributed by atoms with Crippen LogP contribution in [0.25, 0.3) is 0 Å². The normalized spacial score (nSPS) is 23.7. The zero-order valence-electron chi connectivity index (χ0n) is 11.8. The highest BCUT2D eigenvalue weighted by molar-refractivity contribution is 5.85. The molecule has 2 heterocycles. The van der Waals surface area contributed by atoms with Gasteiger partial charge < -0.3 is 5.73 Å². The lowest BCUT2D eigenvalue weighted by atomic mass is 9.79. The number of halogens is 1. The maximum atomic E-state index is 6.16. The number of aromatic nitrogens is 2. The average molecular weight is 273 g/mol. The van der Waals surface area contributed by atoms with E-state index in [0.29, 0.717) is 6.04 Å². The van der Waals surface area contributed by atoms with Gasteiger partial charge in [0.15, 0.2) is 0 Å². The number of nitrogens with zero attached hydrogens (tertiary/aromatic N) is 3. The van der Waals surface area contributed by atoms with Crippen molar-refractivity contribution < 1.29 is 0 Å². The molecule has 0 spiro atoms. The Kier molecular flexibility index (Phi) is 4.81. The van der Waals surface area contributed by atoms with Gasteiger partial charge in [-0.05, 0) is 18.8 Å². The number of nitrogens with two attached hydrogens (primary N) is 1. The Morgan fingerprint density at radius 1 is 1.50 bits per heavy atom. The lowest BCUT2D eigenvalue weighted by Gasteiger charge is -2.42. The minimum atomic E-state index is 0. The predicted molar refractivity (Wildman–Crippen MR) is 76.8 cm³/mol. The Morgan fingerprint density at radius 3 is 2.67 bits per heavy atom. The Morgan fingerprint density at radius 2 is 2.17 bits per heavy atom. The van der Waals surface area contributed by atoms with Gasteiger partial charge in [-0.2, -0.15) is 5.10 Å². The summed E-state index contributed by atoms with van der Waals surface area (Å²) in [7, 11) is 1.99. The summed E-state index contributed by atoms with van der Waals surface area (Å²) in [5.74, 6) is 0. The lowest BCUT2D eigenvalue weighted by Crippen LogP contribution is -2.52. The molecule has 0 bridgehead atoms. The van der Waals surface area contributed by atoms with Gasteiger partial charge in [0.25, 0.3) is 0 Å². The predicted octanol–water partition coefficient (Wildman–Crippen LogP) is 1.71. The maximum Gasteiger partial charge on any atom is 0.0537 e. The molecule has 0 aliphatic carbocycles. The molecule has 1 fully saturated rings. The summed E-state index contributed by atoms with van der Waals surface area (Å²) in [6, 6.07) is 0.328. The van der Waals surface area contributed by atoms with E-state index in [4.69, 9.17) is 5.73 Å². The summed E-state index contributed by atoms with van der Waals surface area (Å²) in [5, 5.41) is 4.30. The van der Waals surface area contributed by atoms with Crippen molar-refractivity contribution in [2.75, 3.05) is 13.1 Å². The van der Waals surface area contributed by atoms with Crippen molar-refractivity contribution in [3.63, 3.8) is 0 Å². The summed E-state index contributed by atoms with van der Waals surface area (Å²) >= 11 is 0. The zero-order chi connectivity index (χ0) is 12.6. The molecule has 1 saturated heterocycles. The number of hydrogen-bond donors (Lipinski definition) is 1. The van der Waals surface area contributed by atoms with E-state index in [1.165, 1.54) is 11.3 Å². The first-order chi connectivity index (χ1) is 7.90. The molecule has 1 aromatic heterocycles. The van der Waals surface area contributed by atoms with Crippen molar-refractivity contribution in [1.82, 2.24) is 14.7 Å². The first-order valence-electron chi connectivity index (χ1n) is 6.35. The molecule has 2 rings (SSSR count). The Bertz CT molecular complexity index is 400. The standard InChI is InChI=1S/C13H24N4.ClH/c1-10-11(7-15-16(10)4)8-17-6-5-12(14)13(2,3)9-17;/h7,12H,5-6,8-9,14H2,1-4H3;1H. The van der Waals surface area contributed by atoms with Gasteiger partial charge in [0.05, 0.1) is 6.20 Å². The van der Waals surface area contributed by atoms with Crippen molar-refractivity contribution in [3.8, 4) is 0 Å². The molecule has 1 aliphatic heterocycles. The summed E-state index contributed by atoms with van der Waals surface area (Å²) in [5.41, 5.74) is 8.97. The van der Waals surface area contributed by atoms with Gasteiger partial charge in [-0.25, -0.2) is 0 Å². The van der Waals surface area contributed by atoms with E-state index in [2.05, 4.69) is 30.8 Å². The molecule has 0 radical (unpaired) electrons. The summed E-state index contributed by atoms with van der Waals surface area (Å²) in [6.07, 6.45) is 3.07. The van der Waals surface area contributed by atoms with E-state index in [9.17, 15) is 0 Å². The number of hydrogen-bond acceptors (Lipinski definition) is 3. The van der Waals surface area contributed by atoms with Crippen LogP contribution >= 0.6 is 12.4 Å². The van der Waals surface area contributed by atoms with Crippen molar-refractivity contribution in [2.45, 2.75) is 39.8 Å². The van der Waals surface area contributed by atoms with Crippen molar-refractivity contribution in [2.24, 2.45) is 18.2 Å². The van der Waals surface area contributed by atoms with Crippen molar-refractivity contribution in [1.29, 1.82) is 0 Å². The lowest BCUT2D eigenvalue weighted by molar-refractivity contribution is 0.0897.